The number of rotatable bonds is 4. The molecule has 0 bridgehead atoms. The van der Waals surface area contributed by atoms with Gasteiger partial charge in [-0.25, -0.2) is 0 Å². The quantitative estimate of drug-likeness (QED) is 0.930. The molecular weight excluding hydrogens is 268 g/mol. The fourth-order valence-corrected chi connectivity index (χ4v) is 2.79. The van der Waals surface area contributed by atoms with Crippen molar-refractivity contribution in [1.82, 2.24) is 10.2 Å². The third kappa shape index (κ3) is 3.04. The van der Waals surface area contributed by atoms with Crippen LogP contribution >= 0.6 is 12.4 Å². The molecular formula is C17H21ClN2. The lowest BCUT2D eigenvalue weighted by molar-refractivity contribution is 0.0976. The van der Waals surface area contributed by atoms with Gasteiger partial charge in [-0.15, -0.1) is 12.4 Å². The van der Waals surface area contributed by atoms with Gasteiger partial charge < -0.3 is 5.32 Å². The molecule has 1 heterocycles. The second kappa shape index (κ2) is 6.89. The van der Waals surface area contributed by atoms with Gasteiger partial charge in [-0.05, 0) is 18.2 Å². The molecule has 2 aromatic rings. The van der Waals surface area contributed by atoms with Crippen LogP contribution in [-0.4, -0.2) is 31.1 Å². The average Bonchev–Trinajstić information content (AvgIpc) is 2.44. The average molecular weight is 289 g/mol. The number of nitrogens with one attached hydrogen (secondary N) is 1. The molecule has 0 saturated carbocycles. The summed E-state index contributed by atoms with van der Waals surface area (Å²) in [5, 5.41) is 3.35. The zero-order chi connectivity index (χ0) is 13.1. The number of halogens is 1. The Morgan fingerprint density at radius 1 is 0.900 bits per heavy atom. The van der Waals surface area contributed by atoms with Crippen molar-refractivity contribution in [2.45, 2.75) is 12.1 Å². The minimum atomic E-state index is 0. The summed E-state index contributed by atoms with van der Waals surface area (Å²) >= 11 is 0. The molecule has 1 aliphatic heterocycles. The Labute approximate surface area is 127 Å². The molecule has 3 rings (SSSR count). The Morgan fingerprint density at radius 3 is 1.75 bits per heavy atom. The van der Waals surface area contributed by atoms with Crippen LogP contribution in [0.5, 0.6) is 0 Å². The van der Waals surface area contributed by atoms with E-state index in [9.17, 15) is 0 Å². The van der Waals surface area contributed by atoms with Crippen LogP contribution in [0.2, 0.25) is 0 Å². The highest BCUT2D eigenvalue weighted by Gasteiger charge is 2.32. The van der Waals surface area contributed by atoms with Crippen molar-refractivity contribution in [2.24, 2.45) is 0 Å². The molecule has 0 amide bonds. The van der Waals surface area contributed by atoms with Crippen molar-refractivity contribution >= 4 is 12.4 Å². The zero-order valence-corrected chi connectivity index (χ0v) is 12.5. The van der Waals surface area contributed by atoms with Crippen molar-refractivity contribution in [1.29, 1.82) is 0 Å². The Hall–Kier alpha value is -1.35. The highest BCUT2D eigenvalue weighted by molar-refractivity contribution is 5.85. The highest BCUT2D eigenvalue weighted by atomic mass is 35.5. The highest BCUT2D eigenvalue weighted by Crippen LogP contribution is 2.31. The minimum Gasteiger partial charge on any atom is -0.315 e. The molecule has 106 valence electrons. The van der Waals surface area contributed by atoms with E-state index in [1.807, 2.05) is 7.05 Å². The van der Waals surface area contributed by atoms with Crippen LogP contribution in [0.3, 0.4) is 0 Å². The van der Waals surface area contributed by atoms with Crippen LogP contribution < -0.4 is 5.32 Å². The second-order valence-corrected chi connectivity index (χ2v) is 5.16. The van der Waals surface area contributed by atoms with Crippen molar-refractivity contribution in [3.63, 3.8) is 0 Å². The van der Waals surface area contributed by atoms with Crippen molar-refractivity contribution in [3.05, 3.63) is 71.8 Å². The number of hydrogen-bond donors (Lipinski definition) is 1. The first-order valence-electron chi connectivity index (χ1n) is 6.89. The second-order valence-electron chi connectivity index (χ2n) is 5.16. The van der Waals surface area contributed by atoms with Gasteiger partial charge in [0.15, 0.2) is 0 Å². The molecule has 20 heavy (non-hydrogen) atoms. The fraction of sp³-hybridized carbons (Fsp3) is 0.294. The Balaban J connectivity index is 0.00000147. The summed E-state index contributed by atoms with van der Waals surface area (Å²) in [7, 11) is 2.04. The third-order valence-corrected chi connectivity index (χ3v) is 3.91. The maximum atomic E-state index is 3.35. The van der Waals surface area contributed by atoms with Gasteiger partial charge in [-0.3, -0.25) is 4.90 Å². The topological polar surface area (TPSA) is 15.3 Å². The van der Waals surface area contributed by atoms with E-state index in [-0.39, 0.29) is 12.4 Å². The lowest BCUT2D eigenvalue weighted by atomic mass is 9.93. The molecule has 1 N–H and O–H groups in total. The van der Waals surface area contributed by atoms with Crippen LogP contribution in [0, 0.1) is 0 Å². The largest absolute Gasteiger partial charge is 0.315 e. The minimum absolute atomic E-state index is 0. The molecule has 0 aromatic heterocycles. The summed E-state index contributed by atoms with van der Waals surface area (Å²) in [6, 6.07) is 22.6. The summed E-state index contributed by atoms with van der Waals surface area (Å²) in [6.45, 7) is 2.23. The third-order valence-electron chi connectivity index (χ3n) is 3.91. The molecule has 3 heteroatoms. The van der Waals surface area contributed by atoms with E-state index in [2.05, 4.69) is 70.9 Å². The smallest absolute Gasteiger partial charge is 0.0602 e. The summed E-state index contributed by atoms with van der Waals surface area (Å²) in [5.74, 6) is 0. The van der Waals surface area contributed by atoms with E-state index < -0.39 is 0 Å². The van der Waals surface area contributed by atoms with Crippen LogP contribution in [-0.2, 0) is 0 Å². The molecule has 0 atom stereocenters. The SMILES string of the molecule is CNC1CN(C(c2ccccc2)c2ccccc2)C1.Cl. The van der Waals surface area contributed by atoms with E-state index in [1.54, 1.807) is 0 Å². The molecule has 0 aliphatic carbocycles. The van der Waals surface area contributed by atoms with Crippen molar-refractivity contribution in [2.75, 3.05) is 20.1 Å². The van der Waals surface area contributed by atoms with Gasteiger partial charge in [0.05, 0.1) is 6.04 Å². The number of likely N-dealkylation sites (tertiary alicyclic amines) is 1. The van der Waals surface area contributed by atoms with Crippen molar-refractivity contribution in [3.8, 4) is 0 Å². The first kappa shape index (κ1) is 15.0. The normalized spacial score (nSPS) is 15.7. The molecule has 1 aliphatic rings. The van der Waals surface area contributed by atoms with Gasteiger partial charge in [0, 0.05) is 19.1 Å². The molecule has 2 aromatic carbocycles. The van der Waals surface area contributed by atoms with Gasteiger partial charge in [-0.1, -0.05) is 60.7 Å². The predicted molar refractivity (Wildman–Crippen MR) is 86.4 cm³/mol. The standard InChI is InChI=1S/C17H20N2.ClH/c1-18-16-12-19(13-16)17(14-8-4-2-5-9-14)15-10-6-3-7-11-15;/h2-11,16-18H,12-13H2,1H3;1H. The molecule has 0 spiro atoms. The van der Waals surface area contributed by atoms with E-state index in [0.29, 0.717) is 12.1 Å². The number of likely N-dealkylation sites (N-methyl/N-ethyl adjacent to an activating group) is 1. The first-order chi connectivity index (χ1) is 9.38. The van der Waals surface area contributed by atoms with E-state index in [1.165, 1.54) is 11.1 Å². The van der Waals surface area contributed by atoms with Gasteiger partial charge in [0.2, 0.25) is 0 Å². The van der Waals surface area contributed by atoms with E-state index >= 15 is 0 Å². The van der Waals surface area contributed by atoms with Gasteiger partial charge in [0.1, 0.15) is 0 Å². The number of nitrogens with zero attached hydrogens (tertiary/aromatic N) is 1. The molecule has 1 saturated heterocycles. The zero-order valence-electron chi connectivity index (χ0n) is 11.7. The number of benzene rings is 2. The predicted octanol–water partition coefficient (Wildman–Crippen LogP) is 3.10. The Bertz CT molecular complexity index is 470. The Morgan fingerprint density at radius 2 is 1.35 bits per heavy atom. The number of hydrogen-bond acceptors (Lipinski definition) is 2. The van der Waals surface area contributed by atoms with Gasteiger partial charge in [0.25, 0.3) is 0 Å². The van der Waals surface area contributed by atoms with Gasteiger partial charge in [-0.2, -0.15) is 0 Å². The van der Waals surface area contributed by atoms with Crippen LogP contribution in [0.15, 0.2) is 60.7 Å². The van der Waals surface area contributed by atoms with Gasteiger partial charge >= 0.3 is 0 Å². The lowest BCUT2D eigenvalue weighted by Gasteiger charge is -2.44. The summed E-state index contributed by atoms with van der Waals surface area (Å²) in [4.78, 5) is 2.53. The molecule has 0 unspecified atom stereocenters. The molecule has 2 nitrogen and oxygen atoms in total. The molecule has 0 radical (unpaired) electrons. The molecule has 1 fully saturated rings. The maximum Gasteiger partial charge on any atom is 0.0602 e. The monoisotopic (exact) mass is 288 g/mol. The van der Waals surface area contributed by atoms with Crippen LogP contribution in [0.25, 0.3) is 0 Å². The fourth-order valence-electron chi connectivity index (χ4n) is 2.79. The summed E-state index contributed by atoms with van der Waals surface area (Å²) < 4.78 is 0. The van der Waals surface area contributed by atoms with Crippen LogP contribution in [0.4, 0.5) is 0 Å². The summed E-state index contributed by atoms with van der Waals surface area (Å²) in [6.07, 6.45) is 0. The maximum absolute atomic E-state index is 3.35. The van der Waals surface area contributed by atoms with E-state index in [0.717, 1.165) is 13.1 Å². The summed E-state index contributed by atoms with van der Waals surface area (Å²) in [5.41, 5.74) is 2.76. The van der Waals surface area contributed by atoms with E-state index in [4.69, 9.17) is 0 Å². The van der Waals surface area contributed by atoms with Crippen LogP contribution in [0.1, 0.15) is 17.2 Å². The van der Waals surface area contributed by atoms with Crippen molar-refractivity contribution < 1.29 is 0 Å². The first-order valence-corrected chi connectivity index (χ1v) is 6.89. The lowest BCUT2D eigenvalue weighted by Crippen LogP contribution is -2.57. The Kier molecular flexibility index (Phi) is 5.18.